The second-order valence-electron chi connectivity index (χ2n) is 5.82. The molecule has 0 saturated carbocycles. The number of aliphatic carboxylic acids is 1. The van der Waals surface area contributed by atoms with Gasteiger partial charge >= 0.3 is 5.97 Å². The molecule has 0 radical (unpaired) electrons. The summed E-state index contributed by atoms with van der Waals surface area (Å²) in [5.74, 6) is -0.183. The number of carboxylic acid groups (broad SMARTS) is 1. The van der Waals surface area contributed by atoms with Gasteiger partial charge in [0.15, 0.2) is 0 Å². The van der Waals surface area contributed by atoms with Crippen molar-refractivity contribution in [2.75, 3.05) is 13.1 Å². The zero-order chi connectivity index (χ0) is 14.9. The van der Waals surface area contributed by atoms with Crippen molar-refractivity contribution in [2.45, 2.75) is 52.5 Å². The molecule has 6 nitrogen and oxygen atoms in total. The molecule has 0 amide bonds. The van der Waals surface area contributed by atoms with E-state index in [1.165, 1.54) is 0 Å². The number of hydrogen-bond donors (Lipinski definition) is 2. The molecule has 6 heteroatoms. The van der Waals surface area contributed by atoms with Crippen molar-refractivity contribution in [1.82, 2.24) is 5.32 Å². The first-order valence-corrected chi connectivity index (χ1v) is 6.83. The van der Waals surface area contributed by atoms with Crippen molar-refractivity contribution >= 4 is 5.97 Å². The van der Waals surface area contributed by atoms with Gasteiger partial charge in [-0.3, -0.25) is 4.79 Å². The van der Waals surface area contributed by atoms with Gasteiger partial charge < -0.3 is 10.4 Å². The van der Waals surface area contributed by atoms with E-state index >= 15 is 0 Å². The number of hydrogen-bond acceptors (Lipinski definition) is 3. The van der Waals surface area contributed by atoms with Crippen molar-refractivity contribution in [1.29, 1.82) is 0 Å². The summed E-state index contributed by atoms with van der Waals surface area (Å²) in [6.07, 6.45) is 1.85. The van der Waals surface area contributed by atoms with Crippen LogP contribution in [0.5, 0.6) is 0 Å². The molecule has 19 heavy (non-hydrogen) atoms. The number of rotatable bonds is 10. The molecular weight excluding hydrogens is 244 g/mol. The third-order valence-electron chi connectivity index (χ3n) is 2.88. The molecule has 0 spiro atoms. The highest BCUT2D eigenvalue weighted by atomic mass is 16.4. The molecule has 0 unspecified atom stereocenters. The van der Waals surface area contributed by atoms with Crippen molar-refractivity contribution < 1.29 is 9.90 Å². The van der Waals surface area contributed by atoms with Gasteiger partial charge in [0.25, 0.3) is 0 Å². The van der Waals surface area contributed by atoms with Crippen molar-refractivity contribution in [3.8, 4) is 0 Å². The van der Waals surface area contributed by atoms with Crippen LogP contribution < -0.4 is 5.32 Å². The number of nitrogens with zero attached hydrogens (tertiary/aromatic N) is 3. The van der Waals surface area contributed by atoms with Crippen LogP contribution in [0.4, 0.5) is 0 Å². The summed E-state index contributed by atoms with van der Waals surface area (Å²) in [4.78, 5) is 14.4. The molecule has 0 aromatic carbocycles. The highest BCUT2D eigenvalue weighted by molar-refractivity contribution is 5.78. The Hall–Kier alpha value is -1.26. The lowest BCUT2D eigenvalue weighted by Crippen LogP contribution is -2.54. The predicted octanol–water partition coefficient (Wildman–Crippen LogP) is 3.19. The zero-order valence-electron chi connectivity index (χ0n) is 12.4. The molecule has 0 aliphatic heterocycles. The Labute approximate surface area is 115 Å². The molecule has 0 bridgehead atoms. The normalized spacial score (nSPS) is 11.7. The summed E-state index contributed by atoms with van der Waals surface area (Å²) in [6.45, 7) is 9.05. The molecule has 0 aliphatic rings. The Morgan fingerprint density at radius 2 is 1.84 bits per heavy atom. The van der Waals surface area contributed by atoms with E-state index in [2.05, 4.69) is 15.3 Å². The van der Waals surface area contributed by atoms with Crippen LogP contribution in [0.15, 0.2) is 5.11 Å². The number of carboxylic acids is 1. The maximum Gasteiger partial charge on any atom is 0.323 e. The molecular formula is C13H26N4O2. The molecule has 0 saturated heterocycles. The second-order valence-corrected chi connectivity index (χ2v) is 5.82. The molecule has 2 N–H and O–H groups in total. The standard InChI is InChI=1S/C13H26N4O2/c1-10(2)8-13(12(18)19,9-11(3)4)15-6-5-7-16-17-14/h10-11,15H,5-9H2,1-4H3,(H,18,19). The maximum absolute atomic E-state index is 11.7. The first-order valence-electron chi connectivity index (χ1n) is 6.83. The summed E-state index contributed by atoms with van der Waals surface area (Å²) in [5, 5.41) is 16.2. The minimum atomic E-state index is -0.876. The lowest BCUT2D eigenvalue weighted by molar-refractivity contribution is -0.146. The molecule has 0 heterocycles. The molecule has 0 aliphatic carbocycles. The lowest BCUT2D eigenvalue weighted by Gasteiger charge is -2.34. The minimum absolute atomic E-state index is 0.305. The van der Waals surface area contributed by atoms with E-state index in [-0.39, 0.29) is 0 Å². The molecule has 0 aromatic heterocycles. The summed E-state index contributed by atoms with van der Waals surface area (Å²) in [7, 11) is 0. The average Bonchev–Trinajstić information content (AvgIpc) is 2.26. The predicted molar refractivity (Wildman–Crippen MR) is 75.9 cm³/mol. The first kappa shape index (κ1) is 17.7. The molecule has 110 valence electrons. The topological polar surface area (TPSA) is 98.1 Å². The Balaban J connectivity index is 4.69. The van der Waals surface area contributed by atoms with E-state index < -0.39 is 11.5 Å². The monoisotopic (exact) mass is 270 g/mol. The van der Waals surface area contributed by atoms with Crippen LogP contribution in [-0.2, 0) is 4.79 Å². The van der Waals surface area contributed by atoms with E-state index in [9.17, 15) is 9.90 Å². The van der Waals surface area contributed by atoms with Crippen LogP contribution in [-0.4, -0.2) is 29.7 Å². The first-order chi connectivity index (χ1) is 8.84. The van der Waals surface area contributed by atoms with Crippen LogP contribution in [0.2, 0.25) is 0 Å². The fraction of sp³-hybridized carbons (Fsp3) is 0.923. The van der Waals surface area contributed by atoms with Crippen molar-refractivity contribution in [3.63, 3.8) is 0 Å². The summed E-state index contributed by atoms with van der Waals surface area (Å²) < 4.78 is 0. The summed E-state index contributed by atoms with van der Waals surface area (Å²) in [6, 6.07) is 0. The fourth-order valence-electron chi connectivity index (χ4n) is 2.39. The van der Waals surface area contributed by atoms with E-state index in [0.717, 1.165) is 0 Å². The SMILES string of the molecule is CC(C)CC(CC(C)C)(NCCCN=[N+]=[N-])C(=O)O. The van der Waals surface area contributed by atoms with Gasteiger partial charge in [-0.15, -0.1) is 0 Å². The van der Waals surface area contributed by atoms with Gasteiger partial charge in [0.2, 0.25) is 0 Å². The molecule has 0 atom stereocenters. The maximum atomic E-state index is 11.7. The Morgan fingerprint density at radius 1 is 1.32 bits per heavy atom. The highest BCUT2D eigenvalue weighted by Gasteiger charge is 2.38. The van der Waals surface area contributed by atoms with Crippen LogP contribution in [0.3, 0.4) is 0 Å². The third kappa shape index (κ3) is 7.03. The molecule has 0 aromatic rings. The quantitative estimate of drug-likeness (QED) is 0.276. The van der Waals surface area contributed by atoms with Gasteiger partial charge in [-0.25, -0.2) is 0 Å². The highest BCUT2D eigenvalue weighted by Crippen LogP contribution is 2.25. The van der Waals surface area contributed by atoms with Crippen molar-refractivity contribution in [2.24, 2.45) is 17.0 Å². The fourth-order valence-corrected chi connectivity index (χ4v) is 2.39. The van der Waals surface area contributed by atoms with Crippen LogP contribution in [0.1, 0.15) is 47.0 Å². The number of carbonyl (C=O) groups is 1. The summed E-state index contributed by atoms with van der Waals surface area (Å²) >= 11 is 0. The smallest absolute Gasteiger partial charge is 0.323 e. The Bertz CT molecular complexity index is 313. The zero-order valence-corrected chi connectivity index (χ0v) is 12.4. The largest absolute Gasteiger partial charge is 0.480 e. The number of nitrogens with one attached hydrogen (secondary N) is 1. The Kier molecular flexibility index (Phi) is 8.19. The third-order valence-corrected chi connectivity index (χ3v) is 2.88. The average molecular weight is 270 g/mol. The Morgan fingerprint density at radius 3 is 2.21 bits per heavy atom. The van der Waals surface area contributed by atoms with Gasteiger partial charge in [0.05, 0.1) is 0 Å². The second kappa shape index (κ2) is 8.77. The van der Waals surface area contributed by atoms with Gasteiger partial charge in [-0.1, -0.05) is 32.8 Å². The van der Waals surface area contributed by atoms with E-state index in [4.69, 9.17) is 5.53 Å². The number of azide groups is 1. The van der Waals surface area contributed by atoms with Gasteiger partial charge in [-0.2, -0.15) is 0 Å². The van der Waals surface area contributed by atoms with E-state index in [1.807, 2.05) is 27.7 Å². The van der Waals surface area contributed by atoms with E-state index in [1.54, 1.807) is 0 Å². The molecule has 0 fully saturated rings. The van der Waals surface area contributed by atoms with E-state index in [0.29, 0.717) is 44.2 Å². The minimum Gasteiger partial charge on any atom is -0.480 e. The van der Waals surface area contributed by atoms with Crippen LogP contribution in [0.25, 0.3) is 10.4 Å². The van der Waals surface area contributed by atoms with Gasteiger partial charge in [-0.05, 0) is 43.2 Å². The van der Waals surface area contributed by atoms with Crippen LogP contribution >= 0.6 is 0 Å². The van der Waals surface area contributed by atoms with Crippen molar-refractivity contribution in [3.05, 3.63) is 10.4 Å². The lowest BCUT2D eigenvalue weighted by atomic mass is 9.81. The van der Waals surface area contributed by atoms with Gasteiger partial charge in [0.1, 0.15) is 5.54 Å². The molecule has 0 rings (SSSR count). The van der Waals surface area contributed by atoms with Crippen LogP contribution in [0, 0.1) is 11.8 Å². The summed E-state index contributed by atoms with van der Waals surface area (Å²) in [5.41, 5.74) is 7.32. The van der Waals surface area contributed by atoms with Gasteiger partial charge in [0, 0.05) is 11.5 Å².